The van der Waals surface area contributed by atoms with Crippen molar-refractivity contribution in [2.24, 2.45) is 5.73 Å². The number of benzene rings is 2. The first-order valence-electron chi connectivity index (χ1n) is 12.4. The maximum Gasteiger partial charge on any atom is 0.217 e. The predicted octanol–water partition coefficient (Wildman–Crippen LogP) is 2.15. The summed E-state index contributed by atoms with van der Waals surface area (Å²) >= 11 is 0. The lowest BCUT2D eigenvalue weighted by Crippen LogP contribution is -2.92. The van der Waals surface area contributed by atoms with Crippen LogP contribution in [0.25, 0.3) is 0 Å². The minimum Gasteiger partial charge on any atom is -0.394 e. The zero-order chi connectivity index (χ0) is 25.7. The highest BCUT2D eigenvalue weighted by Crippen LogP contribution is 2.33. The number of quaternary nitrogens is 1. The van der Waals surface area contributed by atoms with Gasteiger partial charge >= 0.3 is 0 Å². The maximum absolute atomic E-state index is 13.2. The molecule has 2 saturated heterocycles. The largest absolute Gasteiger partial charge is 0.394 e. The first kappa shape index (κ1) is 25.8. The smallest absolute Gasteiger partial charge is 0.217 e. The van der Waals surface area contributed by atoms with Gasteiger partial charge in [0.25, 0.3) is 0 Å². The van der Waals surface area contributed by atoms with Gasteiger partial charge in [0, 0.05) is 42.7 Å². The van der Waals surface area contributed by atoms with E-state index in [-0.39, 0.29) is 23.0 Å². The first-order chi connectivity index (χ1) is 17.5. The van der Waals surface area contributed by atoms with Crippen LogP contribution in [0.4, 0.5) is 5.69 Å². The Morgan fingerprint density at radius 3 is 2.14 bits per heavy atom. The van der Waals surface area contributed by atoms with Crippen LogP contribution in [0.5, 0.6) is 0 Å². The number of Topliss-reactive ketones (excluding diaryl/α,β-unsaturated/α-hetero) is 2. The summed E-state index contributed by atoms with van der Waals surface area (Å²) in [5, 5.41) is 1.60. The third kappa shape index (κ3) is 5.01. The van der Waals surface area contributed by atoms with E-state index in [0.717, 1.165) is 37.2 Å². The highest BCUT2D eigenvalue weighted by Gasteiger charge is 2.40. The molecule has 1 spiro atoms. The summed E-state index contributed by atoms with van der Waals surface area (Å²) in [6, 6.07) is 14.9. The van der Waals surface area contributed by atoms with Crippen LogP contribution in [0.3, 0.4) is 0 Å². The van der Waals surface area contributed by atoms with E-state index in [9.17, 15) is 9.59 Å². The van der Waals surface area contributed by atoms with Gasteiger partial charge in [0.2, 0.25) is 11.6 Å². The number of piperidine rings is 1. The number of nitrogens with zero attached hydrogens (tertiary/aromatic N) is 2. The molecule has 2 heterocycles. The third-order valence-corrected chi connectivity index (χ3v) is 6.64. The second-order valence-corrected chi connectivity index (χ2v) is 8.70. The molecular formula is C27H35N4O5+. The Morgan fingerprint density at radius 1 is 0.972 bits per heavy atom. The normalized spacial score (nSPS) is 18.7. The average molecular weight is 496 g/mol. The van der Waals surface area contributed by atoms with Crippen molar-refractivity contribution in [3.8, 4) is 0 Å². The van der Waals surface area contributed by atoms with Crippen LogP contribution in [-0.4, -0.2) is 55.8 Å². The molecule has 9 heteroatoms. The molecule has 2 aliphatic heterocycles. The van der Waals surface area contributed by atoms with Gasteiger partial charge in [-0.1, -0.05) is 50.2 Å². The Morgan fingerprint density at radius 2 is 1.56 bits per heavy atom. The van der Waals surface area contributed by atoms with Gasteiger partial charge in [0.15, 0.2) is 11.5 Å². The SMILES string of the molecule is CC.CO[NH2+]N(Cc1ccc(N2CCC3(CC2)OCCO3)cc1)C1=C(N)C(=O)c2ccccc2C1=O. The molecule has 0 saturated carbocycles. The molecule has 0 unspecified atom stereocenters. The van der Waals surface area contributed by atoms with E-state index in [1.165, 1.54) is 12.7 Å². The summed E-state index contributed by atoms with van der Waals surface area (Å²) < 4.78 is 11.6. The number of carbonyl (C=O) groups is 2. The lowest BCUT2D eigenvalue weighted by Gasteiger charge is -2.38. The molecule has 192 valence electrons. The van der Waals surface area contributed by atoms with E-state index in [1.54, 1.807) is 29.3 Å². The van der Waals surface area contributed by atoms with Crippen LogP contribution in [-0.2, 0) is 20.9 Å². The number of nitrogens with two attached hydrogens (primary N) is 2. The topological polar surface area (TPSA) is 111 Å². The molecule has 36 heavy (non-hydrogen) atoms. The Bertz CT molecular complexity index is 1120. The van der Waals surface area contributed by atoms with Crippen LogP contribution < -0.4 is 16.2 Å². The van der Waals surface area contributed by atoms with Gasteiger partial charge in [0.1, 0.15) is 5.70 Å². The summed E-state index contributed by atoms with van der Waals surface area (Å²) in [4.78, 5) is 33.6. The molecule has 0 radical (unpaired) electrons. The van der Waals surface area contributed by atoms with Gasteiger partial charge < -0.3 is 20.1 Å². The minimum absolute atomic E-state index is 0.0767. The fourth-order valence-corrected chi connectivity index (χ4v) is 4.86. The Kier molecular flexibility index (Phi) is 8.05. The van der Waals surface area contributed by atoms with Crippen molar-refractivity contribution in [2.75, 3.05) is 38.3 Å². The molecule has 0 atom stereocenters. The Balaban J connectivity index is 0.00000148. The molecule has 2 fully saturated rings. The van der Waals surface area contributed by atoms with Gasteiger partial charge in [-0.25, -0.2) is 0 Å². The highest BCUT2D eigenvalue weighted by molar-refractivity contribution is 6.26. The molecule has 0 bridgehead atoms. The van der Waals surface area contributed by atoms with Crippen molar-refractivity contribution < 1.29 is 29.5 Å². The molecule has 4 N–H and O–H groups in total. The fourth-order valence-electron chi connectivity index (χ4n) is 4.86. The summed E-state index contributed by atoms with van der Waals surface area (Å²) in [7, 11) is 1.50. The van der Waals surface area contributed by atoms with Gasteiger partial charge in [-0.05, 0) is 17.7 Å². The van der Waals surface area contributed by atoms with Gasteiger partial charge in [-0.2, -0.15) is 9.85 Å². The quantitative estimate of drug-likeness (QED) is 0.463. The van der Waals surface area contributed by atoms with Crippen molar-refractivity contribution in [1.29, 1.82) is 0 Å². The zero-order valence-corrected chi connectivity index (χ0v) is 21.2. The summed E-state index contributed by atoms with van der Waals surface area (Å²) in [5.74, 6) is -1.05. The monoisotopic (exact) mass is 495 g/mol. The summed E-state index contributed by atoms with van der Waals surface area (Å²) in [6.07, 6.45) is 1.69. The number of hydrogen-bond acceptors (Lipinski definition) is 8. The zero-order valence-electron chi connectivity index (χ0n) is 21.2. The first-order valence-corrected chi connectivity index (χ1v) is 12.4. The van der Waals surface area contributed by atoms with Crippen molar-refractivity contribution in [3.63, 3.8) is 0 Å². The van der Waals surface area contributed by atoms with Crippen molar-refractivity contribution in [1.82, 2.24) is 5.01 Å². The molecule has 1 aliphatic carbocycles. The predicted molar refractivity (Wildman–Crippen MR) is 135 cm³/mol. The van der Waals surface area contributed by atoms with Crippen molar-refractivity contribution in [3.05, 3.63) is 76.6 Å². The number of carbonyl (C=O) groups excluding carboxylic acids is 2. The molecule has 2 aromatic carbocycles. The molecule has 2 aromatic rings. The minimum atomic E-state index is -0.400. The van der Waals surface area contributed by atoms with Gasteiger partial charge in [-0.15, -0.1) is 5.59 Å². The molecule has 0 amide bonds. The van der Waals surface area contributed by atoms with Crippen LogP contribution in [0.2, 0.25) is 0 Å². The van der Waals surface area contributed by atoms with E-state index in [4.69, 9.17) is 20.0 Å². The summed E-state index contributed by atoms with van der Waals surface area (Å²) in [5.41, 5.74) is 10.4. The van der Waals surface area contributed by atoms with Crippen LogP contribution in [0, 0.1) is 0 Å². The maximum atomic E-state index is 13.2. The number of allylic oxidation sites excluding steroid dienone is 2. The van der Waals surface area contributed by atoms with E-state index in [1.807, 2.05) is 26.0 Å². The number of rotatable bonds is 6. The lowest BCUT2D eigenvalue weighted by atomic mass is 9.90. The summed E-state index contributed by atoms with van der Waals surface area (Å²) in [6.45, 7) is 7.40. The molecule has 0 aromatic heterocycles. The van der Waals surface area contributed by atoms with E-state index in [2.05, 4.69) is 17.0 Å². The number of ether oxygens (including phenoxy) is 2. The Hall–Kier alpha value is -3.24. The van der Waals surface area contributed by atoms with Gasteiger partial charge in [0.05, 0.1) is 26.9 Å². The standard InChI is InChI=1S/C25H28N4O5.C2H6/c1-32-27-29(22-21(26)23(30)19-4-2-3-5-20(19)24(22)31)16-17-6-8-18(9-7-17)28-12-10-25(11-13-28)33-14-15-34-25;1-2/h2-9,27H,10-16,26H2,1H3;1-2H3/p+1. The highest BCUT2D eigenvalue weighted by atomic mass is 16.7. The number of ketones is 2. The fraction of sp³-hybridized carbons (Fsp3) is 0.407. The Labute approximate surface area is 211 Å². The lowest BCUT2D eigenvalue weighted by molar-refractivity contribution is -0.990. The van der Waals surface area contributed by atoms with E-state index in [0.29, 0.717) is 30.9 Å². The van der Waals surface area contributed by atoms with Crippen LogP contribution >= 0.6 is 0 Å². The number of hydrogen-bond donors (Lipinski definition) is 2. The van der Waals surface area contributed by atoms with E-state index < -0.39 is 5.79 Å². The van der Waals surface area contributed by atoms with Crippen molar-refractivity contribution >= 4 is 17.3 Å². The second kappa shape index (κ2) is 11.2. The third-order valence-electron chi connectivity index (χ3n) is 6.64. The van der Waals surface area contributed by atoms with E-state index >= 15 is 0 Å². The number of anilines is 1. The van der Waals surface area contributed by atoms with Crippen LogP contribution in [0.1, 0.15) is 53.0 Å². The second-order valence-electron chi connectivity index (χ2n) is 8.70. The van der Waals surface area contributed by atoms with Crippen molar-refractivity contribution in [2.45, 2.75) is 39.0 Å². The van der Waals surface area contributed by atoms with Crippen LogP contribution in [0.15, 0.2) is 59.9 Å². The molecular weight excluding hydrogens is 460 g/mol. The molecule has 9 nitrogen and oxygen atoms in total. The average Bonchev–Trinajstić information content (AvgIpc) is 3.37. The molecule has 3 aliphatic rings. The van der Waals surface area contributed by atoms with Gasteiger partial charge in [-0.3, -0.25) is 9.59 Å². The molecule has 5 rings (SSSR count). The number of fused-ring (bicyclic) bond motifs is 1.